The van der Waals surface area contributed by atoms with E-state index in [2.05, 4.69) is 16.4 Å². The lowest BCUT2D eigenvalue weighted by molar-refractivity contribution is -0.116. The Balaban J connectivity index is 1.11. The summed E-state index contributed by atoms with van der Waals surface area (Å²) in [7, 11) is 0. The van der Waals surface area contributed by atoms with Crippen LogP contribution >= 0.6 is 23.1 Å². The first-order chi connectivity index (χ1) is 16.2. The topological polar surface area (TPSA) is 80.8 Å². The van der Waals surface area contributed by atoms with Gasteiger partial charge >= 0.3 is 0 Å². The Morgan fingerprint density at radius 1 is 1.18 bits per heavy atom. The number of nitrogens with zero attached hydrogens (tertiary/aromatic N) is 2. The lowest BCUT2D eigenvalue weighted by Gasteiger charge is -2.30. The molecule has 3 heterocycles. The number of benzene rings is 1. The van der Waals surface area contributed by atoms with Crippen molar-refractivity contribution in [1.29, 1.82) is 0 Å². The maximum Gasteiger partial charge on any atom is 0.236 e. The normalized spacial score (nSPS) is 21.7. The minimum absolute atomic E-state index is 0.0414. The number of carbonyl (C=O) groups excluding carboxylic acids is 2. The molecule has 0 radical (unpaired) electrons. The molecule has 1 fully saturated rings. The SMILES string of the molecule is O=C(CSCC(=O)N1CCCc2ccccc21)Nc1nc(C2=CC3OCCOC3C=C2)cs1. The van der Waals surface area contributed by atoms with E-state index in [0.717, 1.165) is 36.3 Å². The van der Waals surface area contributed by atoms with Crippen molar-refractivity contribution in [3.05, 3.63) is 59.1 Å². The predicted molar refractivity (Wildman–Crippen MR) is 132 cm³/mol. The highest BCUT2D eigenvalue weighted by Gasteiger charge is 2.27. The summed E-state index contributed by atoms with van der Waals surface area (Å²) in [5.41, 5.74) is 3.96. The van der Waals surface area contributed by atoms with Crippen LogP contribution in [0.25, 0.3) is 5.57 Å². The van der Waals surface area contributed by atoms with Gasteiger partial charge in [-0.15, -0.1) is 23.1 Å². The summed E-state index contributed by atoms with van der Waals surface area (Å²) in [6, 6.07) is 8.03. The van der Waals surface area contributed by atoms with Crippen LogP contribution in [0.5, 0.6) is 0 Å². The van der Waals surface area contributed by atoms with Gasteiger partial charge in [-0.1, -0.05) is 30.4 Å². The van der Waals surface area contributed by atoms with E-state index >= 15 is 0 Å². The smallest absolute Gasteiger partial charge is 0.236 e. The fourth-order valence-electron chi connectivity index (χ4n) is 4.19. The lowest BCUT2D eigenvalue weighted by atomic mass is 10.00. The number of carbonyl (C=O) groups is 2. The Hall–Kier alpha value is -2.46. The number of para-hydroxylation sites is 1. The largest absolute Gasteiger partial charge is 0.369 e. The Kier molecular flexibility index (Phi) is 6.91. The monoisotopic (exact) mass is 483 g/mol. The van der Waals surface area contributed by atoms with Crippen molar-refractivity contribution in [2.75, 3.05) is 41.5 Å². The highest BCUT2D eigenvalue weighted by atomic mass is 32.2. The molecule has 33 heavy (non-hydrogen) atoms. The minimum atomic E-state index is -0.162. The number of rotatable bonds is 6. The fraction of sp³-hybridized carbons (Fsp3) is 0.375. The molecule has 1 saturated heterocycles. The van der Waals surface area contributed by atoms with E-state index in [4.69, 9.17) is 9.47 Å². The van der Waals surface area contributed by atoms with Crippen molar-refractivity contribution in [2.45, 2.75) is 25.0 Å². The second-order valence-electron chi connectivity index (χ2n) is 8.01. The van der Waals surface area contributed by atoms with Gasteiger partial charge in [-0.2, -0.15) is 0 Å². The fourth-order valence-corrected chi connectivity index (χ4v) is 5.61. The number of thiazole rings is 1. The number of anilines is 2. The molecule has 172 valence electrons. The van der Waals surface area contributed by atoms with Gasteiger partial charge in [-0.05, 0) is 36.1 Å². The molecular weight excluding hydrogens is 458 g/mol. The molecule has 2 amide bonds. The zero-order valence-electron chi connectivity index (χ0n) is 18.1. The quantitative estimate of drug-likeness (QED) is 0.677. The Labute approximate surface area is 200 Å². The van der Waals surface area contributed by atoms with Crippen molar-refractivity contribution < 1.29 is 19.1 Å². The number of hydrogen-bond donors (Lipinski definition) is 1. The standard InChI is InChI=1S/C24H25N3O4S2/c28-22(14-32-15-23(29)27-9-3-5-16-4-1-2-6-19(16)27)26-24-25-18(13-33-24)17-7-8-20-21(12-17)31-11-10-30-20/h1-2,4,6-8,12-13,20-21H,3,5,9-11,14-15H2,(H,25,26,28). The molecule has 2 aromatic rings. The molecule has 1 aromatic heterocycles. The van der Waals surface area contributed by atoms with Crippen molar-refractivity contribution in [2.24, 2.45) is 0 Å². The number of aromatic nitrogens is 1. The summed E-state index contributed by atoms with van der Waals surface area (Å²) in [4.78, 5) is 31.5. The van der Waals surface area contributed by atoms with Crippen LogP contribution in [0.1, 0.15) is 17.7 Å². The first-order valence-electron chi connectivity index (χ1n) is 11.0. The van der Waals surface area contributed by atoms with Crippen molar-refractivity contribution in [3.63, 3.8) is 0 Å². The summed E-state index contributed by atoms with van der Waals surface area (Å²) < 4.78 is 11.4. The van der Waals surface area contributed by atoms with Gasteiger partial charge in [0.2, 0.25) is 11.8 Å². The average molecular weight is 484 g/mol. The van der Waals surface area contributed by atoms with E-state index in [0.29, 0.717) is 18.3 Å². The highest BCUT2D eigenvalue weighted by Crippen LogP contribution is 2.29. The van der Waals surface area contributed by atoms with Crippen molar-refractivity contribution >= 4 is 51.3 Å². The maximum absolute atomic E-state index is 12.7. The summed E-state index contributed by atoms with van der Waals surface area (Å²) >= 11 is 2.71. The number of ether oxygens (including phenoxy) is 2. The molecule has 0 spiro atoms. The Bertz CT molecular complexity index is 1100. The third-order valence-electron chi connectivity index (χ3n) is 5.75. The molecule has 0 bridgehead atoms. The number of aryl methyl sites for hydroxylation is 1. The molecule has 7 nitrogen and oxygen atoms in total. The van der Waals surface area contributed by atoms with Crippen LogP contribution in [-0.4, -0.2) is 60.3 Å². The van der Waals surface area contributed by atoms with Crippen LogP contribution in [0.3, 0.4) is 0 Å². The van der Waals surface area contributed by atoms with Gasteiger partial charge in [0.1, 0.15) is 12.2 Å². The maximum atomic E-state index is 12.7. The molecule has 2 unspecified atom stereocenters. The van der Waals surface area contributed by atoms with Crippen LogP contribution in [0, 0.1) is 0 Å². The summed E-state index contributed by atoms with van der Waals surface area (Å²) in [5, 5.41) is 5.30. The third-order valence-corrected chi connectivity index (χ3v) is 7.43. The molecule has 0 saturated carbocycles. The first-order valence-corrected chi connectivity index (χ1v) is 13.1. The van der Waals surface area contributed by atoms with Gasteiger partial charge in [-0.3, -0.25) is 9.59 Å². The molecule has 2 atom stereocenters. The number of thioether (sulfide) groups is 1. The van der Waals surface area contributed by atoms with Gasteiger partial charge in [-0.25, -0.2) is 4.98 Å². The molecule has 2 aliphatic heterocycles. The van der Waals surface area contributed by atoms with Crippen LogP contribution in [0.4, 0.5) is 10.8 Å². The molecule has 1 aliphatic carbocycles. The van der Waals surface area contributed by atoms with Gasteiger partial charge in [0.25, 0.3) is 0 Å². The second kappa shape index (κ2) is 10.2. The van der Waals surface area contributed by atoms with Gasteiger partial charge in [0, 0.05) is 17.6 Å². The number of nitrogens with one attached hydrogen (secondary N) is 1. The zero-order valence-corrected chi connectivity index (χ0v) is 19.7. The number of allylic oxidation sites excluding steroid dienone is 2. The van der Waals surface area contributed by atoms with E-state index < -0.39 is 0 Å². The van der Waals surface area contributed by atoms with Crippen molar-refractivity contribution in [1.82, 2.24) is 4.98 Å². The van der Waals surface area contributed by atoms with Gasteiger partial charge in [0.15, 0.2) is 5.13 Å². The molecule has 1 aromatic carbocycles. The summed E-state index contributed by atoms with van der Waals surface area (Å²) in [6.45, 7) is 1.92. The highest BCUT2D eigenvalue weighted by molar-refractivity contribution is 8.00. The van der Waals surface area contributed by atoms with Crippen molar-refractivity contribution in [3.8, 4) is 0 Å². The van der Waals surface area contributed by atoms with E-state index in [1.807, 2.05) is 46.7 Å². The van der Waals surface area contributed by atoms with E-state index in [1.54, 1.807) is 0 Å². The number of hydrogen-bond acceptors (Lipinski definition) is 7. The molecular formula is C24H25N3O4S2. The molecule has 3 aliphatic rings. The van der Waals surface area contributed by atoms with Crippen LogP contribution in [-0.2, 0) is 25.5 Å². The van der Waals surface area contributed by atoms with Gasteiger partial charge < -0.3 is 19.7 Å². The number of amides is 2. The molecule has 1 N–H and O–H groups in total. The average Bonchev–Trinajstić information content (AvgIpc) is 3.31. The van der Waals surface area contributed by atoms with E-state index in [-0.39, 0.29) is 35.5 Å². The zero-order chi connectivity index (χ0) is 22.6. The first kappa shape index (κ1) is 22.3. The second-order valence-corrected chi connectivity index (χ2v) is 9.85. The third kappa shape index (κ3) is 5.22. The lowest BCUT2D eigenvalue weighted by Crippen LogP contribution is -2.37. The van der Waals surface area contributed by atoms with Crippen LogP contribution in [0.2, 0.25) is 0 Å². The van der Waals surface area contributed by atoms with Crippen LogP contribution < -0.4 is 10.2 Å². The molecule has 5 rings (SSSR count). The summed E-state index contributed by atoms with van der Waals surface area (Å²) in [6.07, 6.45) is 7.82. The van der Waals surface area contributed by atoms with E-state index in [1.165, 1.54) is 28.7 Å². The van der Waals surface area contributed by atoms with E-state index in [9.17, 15) is 9.59 Å². The minimum Gasteiger partial charge on any atom is -0.369 e. The molecule has 9 heteroatoms. The predicted octanol–water partition coefficient (Wildman–Crippen LogP) is 3.53. The Morgan fingerprint density at radius 2 is 2.03 bits per heavy atom. The van der Waals surface area contributed by atoms with Gasteiger partial charge in [0.05, 0.1) is 30.4 Å². The van der Waals surface area contributed by atoms with Crippen LogP contribution in [0.15, 0.2) is 47.9 Å². The summed E-state index contributed by atoms with van der Waals surface area (Å²) in [5.74, 6) is 0.352. The number of fused-ring (bicyclic) bond motifs is 2. The Morgan fingerprint density at radius 3 is 2.94 bits per heavy atom.